The molecule has 26 heavy (non-hydrogen) atoms. The maximum absolute atomic E-state index is 12.5. The van der Waals surface area contributed by atoms with Gasteiger partial charge in [-0.3, -0.25) is 14.2 Å². The summed E-state index contributed by atoms with van der Waals surface area (Å²) >= 11 is 6.13. The molecule has 0 unspecified atom stereocenters. The summed E-state index contributed by atoms with van der Waals surface area (Å²) in [7, 11) is 0. The number of nitrogens with zero attached hydrogens (tertiary/aromatic N) is 4. The molecule has 0 aromatic carbocycles. The molecule has 4 fully saturated rings. The summed E-state index contributed by atoms with van der Waals surface area (Å²) in [5.74, 6) is 2.85. The van der Waals surface area contributed by atoms with E-state index in [0.29, 0.717) is 17.4 Å². The molecule has 2 aromatic heterocycles. The first kappa shape index (κ1) is 16.4. The van der Waals surface area contributed by atoms with E-state index in [1.54, 1.807) is 10.9 Å². The normalized spacial score (nSPS) is 32.2. The van der Waals surface area contributed by atoms with E-state index in [-0.39, 0.29) is 17.1 Å². The van der Waals surface area contributed by atoms with Gasteiger partial charge in [0.15, 0.2) is 11.5 Å². The quantitative estimate of drug-likeness (QED) is 0.883. The van der Waals surface area contributed by atoms with Gasteiger partial charge in [-0.1, -0.05) is 11.6 Å². The van der Waals surface area contributed by atoms with Crippen LogP contribution in [-0.4, -0.2) is 25.5 Å². The molecule has 0 saturated heterocycles. The van der Waals surface area contributed by atoms with Gasteiger partial charge in [0.2, 0.25) is 0 Å². The van der Waals surface area contributed by atoms with Crippen molar-refractivity contribution in [2.24, 2.45) is 17.8 Å². The van der Waals surface area contributed by atoms with Crippen molar-refractivity contribution in [1.82, 2.24) is 19.6 Å². The van der Waals surface area contributed by atoms with E-state index in [4.69, 9.17) is 16.7 Å². The average molecular weight is 374 g/mol. The standard InChI is InChI=1S/C19H24ClN5O/c1-2-24-11-15(20)17(23-24)18(26)21-16-3-4-25(22-16)19-8-12-5-13(9-19)7-14(6-12)10-19/h3-4,11-14H,2,5-10H2,1H3,(H,21,22,26). The molecule has 7 heteroatoms. The molecule has 1 amide bonds. The van der Waals surface area contributed by atoms with Crippen LogP contribution in [0.4, 0.5) is 5.82 Å². The molecule has 1 N–H and O–H groups in total. The molecule has 4 aliphatic carbocycles. The number of amides is 1. The summed E-state index contributed by atoms with van der Waals surface area (Å²) in [5.41, 5.74) is 0.414. The van der Waals surface area contributed by atoms with Crippen LogP contribution in [0.3, 0.4) is 0 Å². The van der Waals surface area contributed by atoms with Gasteiger partial charge in [0.05, 0.1) is 10.6 Å². The minimum absolute atomic E-state index is 0.166. The van der Waals surface area contributed by atoms with E-state index in [1.165, 1.54) is 38.5 Å². The fourth-order valence-electron chi connectivity index (χ4n) is 5.89. The van der Waals surface area contributed by atoms with E-state index in [2.05, 4.69) is 15.1 Å². The van der Waals surface area contributed by atoms with Crippen LogP contribution in [0.25, 0.3) is 0 Å². The number of carbonyl (C=O) groups is 1. The summed E-state index contributed by atoms with van der Waals surface area (Å²) in [6, 6.07) is 1.89. The number of hydrogen-bond acceptors (Lipinski definition) is 3. The van der Waals surface area contributed by atoms with Crippen LogP contribution in [0.15, 0.2) is 18.5 Å². The maximum Gasteiger partial charge on any atom is 0.278 e. The van der Waals surface area contributed by atoms with Gasteiger partial charge in [0, 0.05) is 25.0 Å². The molecule has 0 aliphatic heterocycles. The Morgan fingerprint density at radius 2 is 1.88 bits per heavy atom. The van der Waals surface area contributed by atoms with Crippen LogP contribution >= 0.6 is 11.6 Å². The summed E-state index contributed by atoms with van der Waals surface area (Å²) < 4.78 is 3.80. The van der Waals surface area contributed by atoms with E-state index >= 15 is 0 Å². The molecule has 0 radical (unpaired) electrons. The van der Waals surface area contributed by atoms with Crippen molar-refractivity contribution in [3.63, 3.8) is 0 Å². The third-order valence-corrected chi connectivity index (χ3v) is 6.86. The number of hydrogen-bond donors (Lipinski definition) is 1. The summed E-state index contributed by atoms with van der Waals surface area (Å²) in [4.78, 5) is 12.5. The molecular formula is C19H24ClN5O. The zero-order valence-corrected chi connectivity index (χ0v) is 15.7. The molecule has 138 valence electrons. The SMILES string of the molecule is CCn1cc(Cl)c(C(=O)Nc2ccn(C34CC5CC(CC(C5)C3)C4)n2)n1. The van der Waals surface area contributed by atoms with Crippen molar-refractivity contribution in [2.75, 3.05) is 5.32 Å². The van der Waals surface area contributed by atoms with E-state index in [9.17, 15) is 4.79 Å². The van der Waals surface area contributed by atoms with Crippen LogP contribution in [0.2, 0.25) is 5.02 Å². The third kappa shape index (κ3) is 2.57. The molecule has 6 rings (SSSR count). The molecular weight excluding hydrogens is 350 g/mol. The van der Waals surface area contributed by atoms with Crippen LogP contribution in [-0.2, 0) is 12.1 Å². The smallest absolute Gasteiger partial charge is 0.278 e. The molecule has 4 bridgehead atoms. The highest BCUT2D eigenvalue weighted by molar-refractivity contribution is 6.34. The number of aryl methyl sites for hydroxylation is 1. The van der Waals surface area contributed by atoms with E-state index in [1.807, 2.05) is 19.2 Å². The lowest BCUT2D eigenvalue weighted by Crippen LogP contribution is -2.52. The van der Waals surface area contributed by atoms with Crippen LogP contribution in [0.5, 0.6) is 0 Å². The summed E-state index contributed by atoms with van der Waals surface area (Å²) in [5, 5.41) is 12.2. The van der Waals surface area contributed by atoms with Gasteiger partial charge in [-0.25, -0.2) is 0 Å². The van der Waals surface area contributed by atoms with Crippen molar-refractivity contribution in [1.29, 1.82) is 0 Å². The second-order valence-corrected chi connectivity index (χ2v) is 8.83. The second-order valence-electron chi connectivity index (χ2n) is 8.42. The van der Waals surface area contributed by atoms with Crippen molar-refractivity contribution >= 4 is 23.3 Å². The first-order valence-electron chi connectivity index (χ1n) is 9.65. The lowest BCUT2D eigenvalue weighted by atomic mass is 9.53. The van der Waals surface area contributed by atoms with Crippen LogP contribution in [0, 0.1) is 17.8 Å². The zero-order chi connectivity index (χ0) is 17.9. The Kier molecular flexibility index (Phi) is 3.68. The first-order valence-corrected chi connectivity index (χ1v) is 10.0. The third-order valence-electron chi connectivity index (χ3n) is 6.58. The summed E-state index contributed by atoms with van der Waals surface area (Å²) in [6.45, 7) is 2.63. The number of nitrogens with one attached hydrogen (secondary N) is 1. The van der Waals surface area contributed by atoms with Gasteiger partial charge < -0.3 is 5.32 Å². The second kappa shape index (κ2) is 5.84. The highest BCUT2D eigenvalue weighted by Crippen LogP contribution is 2.58. The average Bonchev–Trinajstić information content (AvgIpc) is 3.20. The van der Waals surface area contributed by atoms with Crippen LogP contribution < -0.4 is 5.32 Å². The van der Waals surface area contributed by atoms with Crippen molar-refractivity contribution in [3.8, 4) is 0 Å². The minimum atomic E-state index is -0.307. The number of rotatable bonds is 4. The van der Waals surface area contributed by atoms with Gasteiger partial charge in [0.1, 0.15) is 0 Å². The van der Waals surface area contributed by atoms with Gasteiger partial charge >= 0.3 is 0 Å². The highest BCUT2D eigenvalue weighted by Gasteiger charge is 2.52. The molecule has 2 heterocycles. The largest absolute Gasteiger partial charge is 0.304 e. The van der Waals surface area contributed by atoms with Crippen LogP contribution in [0.1, 0.15) is 55.9 Å². The Bertz CT molecular complexity index is 819. The minimum Gasteiger partial charge on any atom is -0.304 e. The first-order chi connectivity index (χ1) is 12.5. The topological polar surface area (TPSA) is 64.7 Å². The maximum atomic E-state index is 12.5. The fourth-order valence-corrected chi connectivity index (χ4v) is 6.13. The molecule has 4 saturated carbocycles. The van der Waals surface area contributed by atoms with Gasteiger partial charge in [0.25, 0.3) is 5.91 Å². The highest BCUT2D eigenvalue weighted by atomic mass is 35.5. The Morgan fingerprint density at radius 3 is 2.46 bits per heavy atom. The van der Waals surface area contributed by atoms with Crippen molar-refractivity contribution in [3.05, 3.63) is 29.2 Å². The predicted molar refractivity (Wildman–Crippen MR) is 99.2 cm³/mol. The predicted octanol–water partition coefficient (Wildman–Crippen LogP) is 3.93. The molecule has 0 atom stereocenters. The van der Waals surface area contributed by atoms with Crippen molar-refractivity contribution in [2.45, 2.75) is 57.5 Å². The Morgan fingerprint density at radius 1 is 1.23 bits per heavy atom. The van der Waals surface area contributed by atoms with Gasteiger partial charge in [-0.2, -0.15) is 10.2 Å². The Hall–Kier alpha value is -1.82. The number of aromatic nitrogens is 4. The number of carbonyl (C=O) groups excluding carboxylic acids is 1. The molecule has 4 aliphatic rings. The molecule has 0 spiro atoms. The van der Waals surface area contributed by atoms with Gasteiger partial charge in [-0.15, -0.1) is 0 Å². The number of halogens is 1. The van der Waals surface area contributed by atoms with E-state index < -0.39 is 0 Å². The number of anilines is 1. The lowest BCUT2D eigenvalue weighted by Gasteiger charge is -2.56. The lowest BCUT2D eigenvalue weighted by molar-refractivity contribution is -0.0492. The molecule has 2 aromatic rings. The zero-order valence-electron chi connectivity index (χ0n) is 15.0. The Balaban J connectivity index is 1.36. The molecule has 6 nitrogen and oxygen atoms in total. The van der Waals surface area contributed by atoms with E-state index in [0.717, 1.165) is 17.8 Å². The Labute approximate surface area is 157 Å². The monoisotopic (exact) mass is 373 g/mol. The van der Waals surface area contributed by atoms with Gasteiger partial charge in [-0.05, 0) is 63.2 Å². The summed E-state index contributed by atoms with van der Waals surface area (Å²) in [6.07, 6.45) is 11.6. The van der Waals surface area contributed by atoms with Crippen molar-refractivity contribution < 1.29 is 4.79 Å². The fraction of sp³-hybridized carbons (Fsp3) is 0.632.